The number of rotatable bonds is 6. The van der Waals surface area contributed by atoms with Crippen LogP contribution in [0.25, 0.3) is 0 Å². The molecule has 1 unspecified atom stereocenters. The first-order chi connectivity index (χ1) is 13.1. The molecule has 1 heterocycles. The lowest BCUT2D eigenvalue weighted by Gasteiger charge is -2.24. The minimum Gasteiger partial charge on any atom is -0.497 e. The molecule has 142 valence electrons. The van der Waals surface area contributed by atoms with Crippen LogP contribution in [-0.2, 0) is 11.3 Å². The van der Waals surface area contributed by atoms with Crippen molar-refractivity contribution in [2.45, 2.75) is 25.9 Å². The first-order valence-electron chi connectivity index (χ1n) is 9.14. The average molecular weight is 367 g/mol. The number of benzene rings is 2. The highest BCUT2D eigenvalue weighted by Gasteiger charge is 2.32. The lowest BCUT2D eigenvalue weighted by Crippen LogP contribution is -2.45. The topological polar surface area (TPSA) is 61.9 Å². The first-order valence-corrected chi connectivity index (χ1v) is 9.14. The van der Waals surface area contributed by atoms with E-state index in [1.807, 2.05) is 61.5 Å². The van der Waals surface area contributed by atoms with Gasteiger partial charge < -0.3 is 19.9 Å². The van der Waals surface area contributed by atoms with Gasteiger partial charge in [-0.05, 0) is 24.6 Å². The molecule has 27 heavy (non-hydrogen) atoms. The summed E-state index contributed by atoms with van der Waals surface area (Å²) in [6.45, 7) is 3.55. The van der Waals surface area contributed by atoms with Crippen molar-refractivity contribution in [3.8, 4) is 5.75 Å². The van der Waals surface area contributed by atoms with E-state index in [0.717, 1.165) is 11.3 Å². The molecule has 0 aromatic heterocycles. The summed E-state index contributed by atoms with van der Waals surface area (Å²) in [6.07, 6.45) is 0.297. The third-order valence-corrected chi connectivity index (χ3v) is 4.70. The Balaban J connectivity index is 1.62. The van der Waals surface area contributed by atoms with Crippen LogP contribution in [0.4, 0.5) is 10.5 Å². The van der Waals surface area contributed by atoms with E-state index >= 15 is 0 Å². The fraction of sp³-hybridized carbons (Fsp3) is 0.333. The molecular weight excluding hydrogens is 342 g/mol. The lowest BCUT2D eigenvalue weighted by molar-refractivity contribution is -0.117. The molecule has 3 amide bonds. The van der Waals surface area contributed by atoms with E-state index in [2.05, 4.69) is 5.32 Å². The third kappa shape index (κ3) is 4.58. The van der Waals surface area contributed by atoms with Gasteiger partial charge in [-0.25, -0.2) is 4.79 Å². The van der Waals surface area contributed by atoms with Crippen molar-refractivity contribution < 1.29 is 14.3 Å². The number of urea groups is 1. The van der Waals surface area contributed by atoms with Crippen LogP contribution in [0.2, 0.25) is 0 Å². The number of ether oxygens (including phenoxy) is 1. The van der Waals surface area contributed by atoms with E-state index in [1.165, 1.54) is 0 Å². The summed E-state index contributed by atoms with van der Waals surface area (Å²) in [7, 11) is 1.60. The molecule has 0 bridgehead atoms. The van der Waals surface area contributed by atoms with Crippen LogP contribution in [0.15, 0.2) is 54.6 Å². The van der Waals surface area contributed by atoms with Crippen molar-refractivity contribution in [1.29, 1.82) is 0 Å². The predicted octanol–water partition coefficient (Wildman–Crippen LogP) is 3.03. The molecule has 3 rings (SSSR count). The lowest BCUT2D eigenvalue weighted by atomic mass is 10.2. The smallest absolute Gasteiger partial charge is 0.317 e. The van der Waals surface area contributed by atoms with Gasteiger partial charge in [0, 0.05) is 37.8 Å². The van der Waals surface area contributed by atoms with Crippen molar-refractivity contribution in [1.82, 2.24) is 10.2 Å². The molecule has 1 atom stereocenters. The SMILES string of the molecule is CCN(Cc1ccccc1)C(=O)NC1CC(=O)N(c2cccc(OC)c2)C1. The number of anilines is 1. The Bertz CT molecular complexity index is 794. The average Bonchev–Trinajstić information content (AvgIpc) is 3.06. The molecule has 1 aliphatic rings. The largest absolute Gasteiger partial charge is 0.497 e. The maximum absolute atomic E-state index is 12.6. The molecule has 6 nitrogen and oxygen atoms in total. The first kappa shape index (κ1) is 18.8. The van der Waals surface area contributed by atoms with Gasteiger partial charge >= 0.3 is 6.03 Å². The zero-order chi connectivity index (χ0) is 19.2. The summed E-state index contributed by atoms with van der Waals surface area (Å²) in [5.41, 5.74) is 1.86. The van der Waals surface area contributed by atoms with E-state index in [1.54, 1.807) is 16.9 Å². The molecule has 1 aliphatic heterocycles. The highest BCUT2D eigenvalue weighted by molar-refractivity contribution is 5.97. The van der Waals surface area contributed by atoms with Gasteiger partial charge in [0.15, 0.2) is 0 Å². The van der Waals surface area contributed by atoms with Gasteiger partial charge in [0.25, 0.3) is 0 Å². The molecule has 0 saturated carbocycles. The van der Waals surface area contributed by atoms with Crippen LogP contribution in [0.3, 0.4) is 0 Å². The maximum Gasteiger partial charge on any atom is 0.317 e. The van der Waals surface area contributed by atoms with Crippen molar-refractivity contribution >= 4 is 17.6 Å². The van der Waals surface area contributed by atoms with Crippen LogP contribution < -0.4 is 15.0 Å². The summed E-state index contributed by atoms with van der Waals surface area (Å²) in [5.74, 6) is 0.701. The van der Waals surface area contributed by atoms with Crippen LogP contribution in [0, 0.1) is 0 Å². The van der Waals surface area contributed by atoms with Crippen molar-refractivity contribution in [2.75, 3.05) is 25.1 Å². The number of amides is 3. The molecule has 6 heteroatoms. The summed E-state index contributed by atoms with van der Waals surface area (Å²) in [5, 5.41) is 3.00. The van der Waals surface area contributed by atoms with Crippen molar-refractivity contribution in [3.05, 3.63) is 60.2 Å². The standard InChI is InChI=1S/C21H25N3O3/c1-3-23(14-16-8-5-4-6-9-16)21(26)22-17-12-20(25)24(15-17)18-10-7-11-19(13-18)27-2/h4-11,13,17H,3,12,14-15H2,1-2H3,(H,22,26). The van der Waals surface area contributed by atoms with Gasteiger partial charge in [-0.1, -0.05) is 36.4 Å². The molecular formula is C21H25N3O3. The zero-order valence-electron chi connectivity index (χ0n) is 15.7. The summed E-state index contributed by atoms with van der Waals surface area (Å²) in [4.78, 5) is 28.5. The molecule has 2 aromatic carbocycles. The second kappa shape index (κ2) is 8.58. The van der Waals surface area contributed by atoms with Crippen molar-refractivity contribution in [3.63, 3.8) is 0 Å². The Labute approximate surface area is 159 Å². The molecule has 2 aromatic rings. The number of carbonyl (C=O) groups is 2. The molecule has 1 fully saturated rings. The Kier molecular flexibility index (Phi) is 5.96. The number of methoxy groups -OCH3 is 1. The zero-order valence-corrected chi connectivity index (χ0v) is 15.7. The number of nitrogens with zero attached hydrogens (tertiary/aromatic N) is 2. The maximum atomic E-state index is 12.6. The molecule has 1 N–H and O–H groups in total. The fourth-order valence-electron chi connectivity index (χ4n) is 3.23. The van der Waals surface area contributed by atoms with E-state index in [0.29, 0.717) is 31.8 Å². The van der Waals surface area contributed by atoms with Crippen molar-refractivity contribution in [2.24, 2.45) is 0 Å². The van der Waals surface area contributed by atoms with Crippen LogP contribution in [-0.4, -0.2) is 43.1 Å². The number of hydrogen-bond donors (Lipinski definition) is 1. The Morgan fingerprint density at radius 3 is 2.70 bits per heavy atom. The van der Waals surface area contributed by atoms with Gasteiger partial charge in [-0.3, -0.25) is 4.79 Å². The monoisotopic (exact) mass is 367 g/mol. The van der Waals surface area contributed by atoms with E-state index < -0.39 is 0 Å². The second-order valence-corrected chi connectivity index (χ2v) is 6.56. The van der Waals surface area contributed by atoms with E-state index in [4.69, 9.17) is 4.74 Å². The highest BCUT2D eigenvalue weighted by Crippen LogP contribution is 2.25. The van der Waals surface area contributed by atoms with Gasteiger partial charge in [-0.2, -0.15) is 0 Å². The van der Waals surface area contributed by atoms with E-state index in [9.17, 15) is 9.59 Å². The minimum atomic E-state index is -0.207. The molecule has 0 aliphatic carbocycles. The number of nitrogens with one attached hydrogen (secondary N) is 1. The number of carbonyl (C=O) groups excluding carboxylic acids is 2. The predicted molar refractivity (Wildman–Crippen MR) is 105 cm³/mol. The number of hydrogen-bond acceptors (Lipinski definition) is 3. The molecule has 0 radical (unpaired) electrons. The summed E-state index contributed by atoms with van der Waals surface area (Å²) >= 11 is 0. The third-order valence-electron chi connectivity index (χ3n) is 4.70. The Hall–Kier alpha value is -3.02. The van der Waals surface area contributed by atoms with Gasteiger partial charge in [0.05, 0.1) is 13.2 Å². The van der Waals surface area contributed by atoms with E-state index in [-0.39, 0.29) is 18.0 Å². The Morgan fingerprint density at radius 2 is 2.00 bits per heavy atom. The van der Waals surface area contributed by atoms with Crippen LogP contribution in [0.5, 0.6) is 5.75 Å². The van der Waals surface area contributed by atoms with Gasteiger partial charge in [0.2, 0.25) is 5.91 Å². The van der Waals surface area contributed by atoms with Gasteiger partial charge in [-0.15, -0.1) is 0 Å². The minimum absolute atomic E-state index is 0.000314. The summed E-state index contributed by atoms with van der Waals surface area (Å²) < 4.78 is 5.23. The normalized spacial score (nSPS) is 16.3. The van der Waals surface area contributed by atoms with Crippen LogP contribution in [0.1, 0.15) is 18.9 Å². The van der Waals surface area contributed by atoms with Crippen LogP contribution >= 0.6 is 0 Å². The molecule has 1 saturated heterocycles. The Morgan fingerprint density at radius 1 is 1.22 bits per heavy atom. The summed E-state index contributed by atoms with van der Waals surface area (Å²) in [6, 6.07) is 16.9. The second-order valence-electron chi connectivity index (χ2n) is 6.56. The quantitative estimate of drug-likeness (QED) is 0.854. The highest BCUT2D eigenvalue weighted by atomic mass is 16.5. The molecule has 0 spiro atoms. The fourth-order valence-corrected chi connectivity index (χ4v) is 3.23. The van der Waals surface area contributed by atoms with Gasteiger partial charge in [0.1, 0.15) is 5.75 Å².